The number of nitrogens with two attached hydrogens (primary N) is 2. The van der Waals surface area contributed by atoms with Gasteiger partial charge >= 0.3 is 5.97 Å². The lowest BCUT2D eigenvalue weighted by atomic mass is 9.86. The molecule has 7 atom stereocenters. The molecule has 1 fully saturated rings. The number of Topliss-reactive ketones (excluding diaryl/α,β-unsaturated/α-hetero) is 1. The number of carboxylic acids is 1. The van der Waals surface area contributed by atoms with Crippen LogP contribution in [0.5, 0.6) is 5.75 Å². The molecule has 1 unspecified atom stereocenters. The monoisotopic (exact) mass is 825 g/mol. The quantitative estimate of drug-likeness (QED) is 0.103. The maximum atomic E-state index is 14.4. The third-order valence-electron chi connectivity index (χ3n) is 11.9. The van der Waals surface area contributed by atoms with E-state index in [0.717, 1.165) is 32.1 Å². The number of aromatic hydroxyl groups is 1. The van der Waals surface area contributed by atoms with Crippen molar-refractivity contribution in [2.45, 2.75) is 167 Å². The molecule has 14 heteroatoms. The van der Waals surface area contributed by atoms with E-state index in [0.29, 0.717) is 75.5 Å². The number of phenolic OH excluding ortho intramolecular Hbond substituents is 1. The van der Waals surface area contributed by atoms with Crippen LogP contribution >= 0.6 is 0 Å². The first kappa shape index (κ1) is 49.1. The van der Waals surface area contributed by atoms with Gasteiger partial charge < -0.3 is 42.5 Å². The number of fused-ring (bicyclic) bond motifs is 3. The summed E-state index contributed by atoms with van der Waals surface area (Å²) in [6.45, 7) is 9.84. The van der Waals surface area contributed by atoms with Crippen LogP contribution in [0.2, 0.25) is 0 Å². The van der Waals surface area contributed by atoms with E-state index < -0.39 is 71.0 Å². The van der Waals surface area contributed by atoms with E-state index in [1.54, 1.807) is 25.1 Å². The van der Waals surface area contributed by atoms with Crippen molar-refractivity contribution in [1.29, 1.82) is 0 Å². The second-order valence-corrected chi connectivity index (χ2v) is 17.5. The van der Waals surface area contributed by atoms with Crippen molar-refractivity contribution in [2.75, 3.05) is 13.1 Å². The van der Waals surface area contributed by atoms with Gasteiger partial charge in [-0.05, 0) is 107 Å². The Labute approximate surface area is 351 Å². The van der Waals surface area contributed by atoms with E-state index in [2.05, 4.69) is 22.0 Å². The summed E-state index contributed by atoms with van der Waals surface area (Å²) in [7, 11) is 0. The molecule has 1 aromatic rings. The van der Waals surface area contributed by atoms with Gasteiger partial charge in [0.25, 0.3) is 0 Å². The average Bonchev–Trinajstić information content (AvgIpc) is 3.68. The molecule has 1 saturated heterocycles. The molecule has 0 spiro atoms. The van der Waals surface area contributed by atoms with Gasteiger partial charge in [-0.15, -0.1) is 0 Å². The number of aliphatic carboxylic acids is 1. The van der Waals surface area contributed by atoms with Crippen molar-refractivity contribution in [1.82, 2.24) is 20.9 Å². The Morgan fingerprint density at radius 2 is 1.75 bits per heavy atom. The normalized spacial score (nSPS) is 24.4. The van der Waals surface area contributed by atoms with E-state index in [1.807, 2.05) is 33.8 Å². The molecule has 0 radical (unpaired) electrons. The Morgan fingerprint density at radius 3 is 2.42 bits per heavy atom. The van der Waals surface area contributed by atoms with E-state index in [9.17, 15) is 39.0 Å². The Hall–Kier alpha value is -4.30. The largest absolute Gasteiger partial charge is 0.508 e. The summed E-state index contributed by atoms with van der Waals surface area (Å²) in [6, 6.07) is 0.975. The number of rotatable bonds is 14. The number of allylic oxidation sites excluding steroid dienone is 2. The first-order valence-corrected chi connectivity index (χ1v) is 21.9. The Bertz CT molecular complexity index is 1610. The molecule has 1 aromatic carbocycles. The number of phenols is 1. The molecular weight excluding hydrogens is 753 g/mol. The molecule has 0 saturated carbocycles. The second-order valence-electron chi connectivity index (χ2n) is 17.5. The average molecular weight is 825 g/mol. The van der Waals surface area contributed by atoms with Crippen LogP contribution < -0.4 is 27.4 Å². The standard InChI is InChI=1S/C45H72N6O8/c1-6-30(4)39(38(53)28-33(43(57)58)25-29(2)3)50-40(54)35-27-31-20-21-37(52)32(26-31)17-12-10-8-7-9-11-14-22-45(5,47)44(59)49-34(18-13-15-23-46)42(56)51-24-16-19-36(51)41(55)48-35/h10,12,20-21,26,29-30,33-36,39,52H,6-9,11,13-19,22-25,27-28,46-47H2,1-5H3,(H,48,55)(H,49,59)(H,50,54)(H,57,58)/t30?,33-,34+,35+,36+,39+,45+/m1/s1. The topological polar surface area (TPSA) is 234 Å². The number of benzene rings is 1. The molecule has 59 heavy (non-hydrogen) atoms. The fourth-order valence-electron chi connectivity index (χ4n) is 8.01. The number of hydrogen-bond donors (Lipinski definition) is 7. The van der Waals surface area contributed by atoms with Gasteiger partial charge in [-0.25, -0.2) is 0 Å². The van der Waals surface area contributed by atoms with Gasteiger partial charge in [-0.3, -0.25) is 28.8 Å². The van der Waals surface area contributed by atoms with Crippen LogP contribution in [-0.2, 0) is 41.6 Å². The highest BCUT2D eigenvalue weighted by molar-refractivity contribution is 5.97. The lowest BCUT2D eigenvalue weighted by molar-refractivity contribution is -0.145. The molecule has 330 valence electrons. The van der Waals surface area contributed by atoms with Crippen molar-refractivity contribution in [3.63, 3.8) is 0 Å². The van der Waals surface area contributed by atoms with E-state index >= 15 is 0 Å². The molecule has 2 bridgehead atoms. The predicted octanol–water partition coefficient (Wildman–Crippen LogP) is 4.43. The van der Waals surface area contributed by atoms with Gasteiger partial charge in [0.05, 0.1) is 17.5 Å². The number of nitrogens with one attached hydrogen (secondary N) is 3. The molecule has 14 nitrogen and oxygen atoms in total. The Morgan fingerprint density at radius 1 is 1.02 bits per heavy atom. The Kier molecular flexibility index (Phi) is 20.0. The maximum absolute atomic E-state index is 14.4. The van der Waals surface area contributed by atoms with E-state index in [-0.39, 0.29) is 37.0 Å². The van der Waals surface area contributed by atoms with Crippen molar-refractivity contribution in [2.24, 2.45) is 29.2 Å². The van der Waals surface area contributed by atoms with E-state index in [1.165, 1.54) is 4.90 Å². The number of nitrogens with zero attached hydrogens (tertiary/aromatic N) is 1. The maximum Gasteiger partial charge on any atom is 0.306 e. The highest BCUT2D eigenvalue weighted by Gasteiger charge is 2.41. The number of carboxylic acid groups (broad SMARTS) is 1. The van der Waals surface area contributed by atoms with E-state index in [4.69, 9.17) is 11.5 Å². The first-order valence-electron chi connectivity index (χ1n) is 21.9. The van der Waals surface area contributed by atoms with Gasteiger partial charge in [-0.2, -0.15) is 0 Å². The molecule has 0 aliphatic carbocycles. The van der Waals surface area contributed by atoms with Gasteiger partial charge in [0.1, 0.15) is 23.9 Å². The highest BCUT2D eigenvalue weighted by Crippen LogP contribution is 2.25. The fraction of sp³-hybridized carbons (Fsp3) is 0.689. The zero-order valence-corrected chi connectivity index (χ0v) is 36.1. The summed E-state index contributed by atoms with van der Waals surface area (Å²) in [6.07, 6.45) is 12.3. The third kappa shape index (κ3) is 15.3. The number of hydrogen-bond acceptors (Lipinski definition) is 9. The van der Waals surface area contributed by atoms with Crippen LogP contribution in [0.1, 0.15) is 136 Å². The summed E-state index contributed by atoms with van der Waals surface area (Å²) in [5, 5.41) is 29.3. The molecule has 9 N–H and O–H groups in total. The minimum atomic E-state index is -1.21. The number of amides is 4. The lowest BCUT2D eigenvalue weighted by Gasteiger charge is -2.32. The van der Waals surface area contributed by atoms with Crippen LogP contribution in [0, 0.1) is 17.8 Å². The summed E-state index contributed by atoms with van der Waals surface area (Å²) < 4.78 is 0. The van der Waals surface area contributed by atoms with Crippen LogP contribution in [0.3, 0.4) is 0 Å². The molecule has 4 amide bonds. The van der Waals surface area contributed by atoms with Crippen molar-refractivity contribution >= 4 is 35.4 Å². The first-order chi connectivity index (χ1) is 28.0. The van der Waals surface area contributed by atoms with Gasteiger partial charge in [0.15, 0.2) is 5.78 Å². The number of unbranched alkanes of at least 4 members (excludes halogenated alkanes) is 1. The van der Waals surface area contributed by atoms with Crippen molar-refractivity contribution in [3.05, 3.63) is 41.5 Å². The van der Waals surface area contributed by atoms with Crippen LogP contribution in [0.15, 0.2) is 30.4 Å². The molecular formula is C45H72N6O8. The molecule has 2 aliphatic heterocycles. The molecule has 2 heterocycles. The molecule has 0 aromatic heterocycles. The lowest BCUT2D eigenvalue weighted by Crippen LogP contribution is -2.60. The number of ketones is 1. The Balaban J connectivity index is 2.02. The highest BCUT2D eigenvalue weighted by atomic mass is 16.4. The van der Waals surface area contributed by atoms with Gasteiger partial charge in [0.2, 0.25) is 23.6 Å². The zero-order valence-electron chi connectivity index (χ0n) is 36.1. The summed E-state index contributed by atoms with van der Waals surface area (Å²) in [4.78, 5) is 83.9. The van der Waals surface area contributed by atoms with Crippen molar-refractivity contribution < 1.29 is 39.0 Å². The summed E-state index contributed by atoms with van der Waals surface area (Å²) >= 11 is 0. The second kappa shape index (κ2) is 24.1. The minimum absolute atomic E-state index is 0.00854. The van der Waals surface area contributed by atoms with Crippen LogP contribution in [0.4, 0.5) is 0 Å². The summed E-state index contributed by atoms with van der Waals surface area (Å²) in [5.74, 6) is -4.60. The fourth-order valence-corrected chi connectivity index (χ4v) is 8.01. The molecule has 3 rings (SSSR count). The number of carbonyl (C=O) groups excluding carboxylic acids is 5. The number of carbonyl (C=O) groups is 6. The summed E-state index contributed by atoms with van der Waals surface area (Å²) in [5.41, 5.74) is 12.4. The molecule has 2 aliphatic rings. The van der Waals surface area contributed by atoms with Gasteiger partial charge in [-0.1, -0.05) is 77.7 Å². The zero-order chi connectivity index (χ0) is 43.7. The third-order valence-corrected chi connectivity index (χ3v) is 11.9. The van der Waals surface area contributed by atoms with Crippen LogP contribution in [-0.4, -0.2) is 93.3 Å². The van der Waals surface area contributed by atoms with Crippen molar-refractivity contribution in [3.8, 4) is 5.75 Å². The van der Waals surface area contributed by atoms with Gasteiger partial charge in [0, 0.05) is 19.4 Å². The minimum Gasteiger partial charge on any atom is -0.508 e. The van der Waals surface area contributed by atoms with Crippen LogP contribution in [0.25, 0.3) is 0 Å². The predicted molar refractivity (Wildman–Crippen MR) is 228 cm³/mol. The smallest absolute Gasteiger partial charge is 0.306 e. The SMILES string of the molecule is CCC(C)[C@H](NC(=O)[C@@H]1Cc2ccc(O)c(c2)CC=CCCCCCC[C@](C)(N)C(=O)N[C@@H](CCCCN)C(=O)N2CCC[C@H]2C(=O)N1)C(=O)C[C@@H](CC(C)C)C(=O)O.